The van der Waals surface area contributed by atoms with E-state index >= 15 is 0 Å². The highest BCUT2D eigenvalue weighted by atomic mass is 32.2. The highest BCUT2D eigenvalue weighted by Gasteiger charge is 2.22. The normalized spacial score (nSPS) is 13.2. The molecule has 0 fully saturated rings. The number of aromatic nitrogens is 1. The third-order valence-corrected chi connectivity index (χ3v) is 7.18. The molecular formula is C20H24N2O3S2. The van der Waals surface area contributed by atoms with E-state index in [1.54, 1.807) is 22.8 Å². The van der Waals surface area contributed by atoms with Gasteiger partial charge in [-0.25, -0.2) is 13.1 Å². The van der Waals surface area contributed by atoms with Crippen molar-refractivity contribution >= 4 is 31.6 Å². The average molecular weight is 405 g/mol. The summed E-state index contributed by atoms with van der Waals surface area (Å²) in [5, 5.41) is 0. The molecule has 1 unspecified atom stereocenters. The van der Waals surface area contributed by atoms with Crippen LogP contribution in [-0.2, 0) is 16.6 Å². The molecule has 144 valence electrons. The summed E-state index contributed by atoms with van der Waals surface area (Å²) in [4.78, 5) is 12.1. The predicted molar refractivity (Wildman–Crippen MR) is 111 cm³/mol. The highest BCUT2D eigenvalue weighted by molar-refractivity contribution is 7.89. The summed E-state index contributed by atoms with van der Waals surface area (Å²) in [6.07, 6.45) is 0.644. The zero-order chi connectivity index (χ0) is 19.8. The van der Waals surface area contributed by atoms with E-state index in [0.717, 1.165) is 33.5 Å². The third kappa shape index (κ3) is 3.85. The van der Waals surface area contributed by atoms with Crippen LogP contribution in [0.5, 0.6) is 0 Å². The molecule has 2 aromatic carbocycles. The van der Waals surface area contributed by atoms with Crippen molar-refractivity contribution in [2.24, 2.45) is 0 Å². The van der Waals surface area contributed by atoms with Crippen LogP contribution in [0.2, 0.25) is 0 Å². The quantitative estimate of drug-likeness (QED) is 0.672. The molecule has 3 aromatic rings. The largest absolute Gasteiger partial charge is 0.308 e. The summed E-state index contributed by atoms with van der Waals surface area (Å²) in [5.41, 5.74) is 3.97. The van der Waals surface area contributed by atoms with E-state index in [-0.39, 0.29) is 15.8 Å². The first kappa shape index (κ1) is 19.8. The zero-order valence-electron chi connectivity index (χ0n) is 15.9. The van der Waals surface area contributed by atoms with Gasteiger partial charge in [-0.1, -0.05) is 42.0 Å². The molecule has 1 atom stereocenters. The molecule has 0 aliphatic rings. The van der Waals surface area contributed by atoms with Crippen LogP contribution in [0.3, 0.4) is 0 Å². The molecule has 1 heterocycles. The lowest BCUT2D eigenvalue weighted by molar-refractivity contribution is 0.549. The fourth-order valence-electron chi connectivity index (χ4n) is 3.35. The number of rotatable bonds is 6. The van der Waals surface area contributed by atoms with Crippen LogP contribution < -0.4 is 9.60 Å². The van der Waals surface area contributed by atoms with Gasteiger partial charge in [-0.2, -0.15) is 0 Å². The Bertz CT molecular complexity index is 1140. The molecule has 0 aliphatic heterocycles. The van der Waals surface area contributed by atoms with Gasteiger partial charge in [0.05, 0.1) is 15.1 Å². The van der Waals surface area contributed by atoms with E-state index in [1.807, 2.05) is 39.8 Å². The molecule has 0 aliphatic carbocycles. The molecule has 3 rings (SSSR count). The second-order valence-electron chi connectivity index (χ2n) is 6.68. The standard InChI is InChI=1S/C20H24N2O3S2/c1-5-17(16-9-7-13(3)11-14(16)4)21-27(24,25)15-8-10-18-19(12-15)26-20(23)22(18)6-2/h7-12,17,21H,5-6H2,1-4H3. The number of nitrogens with zero attached hydrogens (tertiary/aromatic N) is 1. The fourth-order valence-corrected chi connectivity index (χ4v) is 5.75. The Morgan fingerprint density at radius 3 is 2.48 bits per heavy atom. The maximum absolute atomic E-state index is 13.0. The Kier molecular flexibility index (Phi) is 5.55. The van der Waals surface area contributed by atoms with Crippen molar-refractivity contribution in [2.45, 2.75) is 51.6 Å². The fraction of sp³-hybridized carbons (Fsp3) is 0.350. The van der Waals surface area contributed by atoms with Crippen molar-refractivity contribution in [2.75, 3.05) is 0 Å². The van der Waals surface area contributed by atoms with Gasteiger partial charge in [0.25, 0.3) is 0 Å². The molecule has 0 radical (unpaired) electrons. The number of hydrogen-bond acceptors (Lipinski definition) is 4. The molecule has 1 aromatic heterocycles. The predicted octanol–water partition coefficient (Wildman–Crippen LogP) is 4.13. The van der Waals surface area contributed by atoms with Gasteiger partial charge in [0.1, 0.15) is 0 Å². The maximum Gasteiger partial charge on any atom is 0.308 e. The highest BCUT2D eigenvalue weighted by Crippen LogP contribution is 2.26. The molecule has 5 nitrogen and oxygen atoms in total. The van der Waals surface area contributed by atoms with E-state index in [2.05, 4.69) is 10.8 Å². The third-order valence-electron chi connectivity index (χ3n) is 4.77. The van der Waals surface area contributed by atoms with E-state index in [0.29, 0.717) is 17.7 Å². The maximum atomic E-state index is 13.0. The van der Waals surface area contributed by atoms with Gasteiger partial charge in [-0.3, -0.25) is 9.36 Å². The van der Waals surface area contributed by atoms with Gasteiger partial charge < -0.3 is 0 Å². The molecule has 7 heteroatoms. The number of thiazole rings is 1. The number of nitrogens with one attached hydrogen (secondary N) is 1. The Labute approximate surface area is 163 Å². The van der Waals surface area contributed by atoms with Gasteiger partial charge in [-0.15, -0.1) is 0 Å². The molecule has 1 N–H and O–H groups in total. The Hall–Kier alpha value is -1.96. The molecule has 0 bridgehead atoms. The van der Waals surface area contributed by atoms with Crippen molar-refractivity contribution < 1.29 is 8.42 Å². The summed E-state index contributed by atoms with van der Waals surface area (Å²) >= 11 is 1.07. The molecule has 0 spiro atoms. The van der Waals surface area contributed by atoms with Gasteiger partial charge >= 0.3 is 4.87 Å². The van der Waals surface area contributed by atoms with E-state index < -0.39 is 10.0 Å². The van der Waals surface area contributed by atoms with Crippen LogP contribution in [0.25, 0.3) is 10.2 Å². The lowest BCUT2D eigenvalue weighted by Gasteiger charge is -2.20. The number of aryl methyl sites for hydroxylation is 3. The van der Waals surface area contributed by atoms with E-state index in [1.165, 1.54) is 0 Å². The van der Waals surface area contributed by atoms with Crippen LogP contribution >= 0.6 is 11.3 Å². The lowest BCUT2D eigenvalue weighted by Crippen LogP contribution is -2.28. The number of sulfonamides is 1. The van der Waals surface area contributed by atoms with Crippen molar-refractivity contribution in [3.05, 3.63) is 62.8 Å². The molecule has 27 heavy (non-hydrogen) atoms. The Morgan fingerprint density at radius 1 is 1.11 bits per heavy atom. The second-order valence-corrected chi connectivity index (χ2v) is 9.39. The SMILES string of the molecule is CCC(NS(=O)(=O)c1ccc2c(c1)sc(=O)n2CC)c1ccc(C)cc1C. The van der Waals surface area contributed by atoms with Gasteiger partial charge in [0, 0.05) is 12.6 Å². The van der Waals surface area contributed by atoms with Crippen LogP contribution in [0.15, 0.2) is 46.1 Å². The monoisotopic (exact) mass is 404 g/mol. The number of fused-ring (bicyclic) bond motifs is 1. The summed E-state index contributed by atoms with van der Waals surface area (Å²) < 4.78 is 31.1. The van der Waals surface area contributed by atoms with Crippen LogP contribution in [0.1, 0.15) is 43.0 Å². The summed E-state index contributed by atoms with van der Waals surface area (Å²) in [5.74, 6) is 0. The van der Waals surface area contributed by atoms with Crippen LogP contribution in [-0.4, -0.2) is 13.0 Å². The molecule has 0 saturated heterocycles. The van der Waals surface area contributed by atoms with Gasteiger partial charge in [0.2, 0.25) is 10.0 Å². The minimum atomic E-state index is -3.70. The van der Waals surface area contributed by atoms with E-state index in [4.69, 9.17) is 0 Å². The second kappa shape index (κ2) is 7.58. The smallest absolute Gasteiger partial charge is 0.299 e. The molecule has 0 saturated carbocycles. The van der Waals surface area contributed by atoms with Crippen LogP contribution in [0, 0.1) is 13.8 Å². The zero-order valence-corrected chi connectivity index (χ0v) is 17.6. The minimum absolute atomic E-state index is 0.0725. The summed E-state index contributed by atoms with van der Waals surface area (Å²) in [7, 11) is -3.70. The number of benzene rings is 2. The van der Waals surface area contributed by atoms with Crippen molar-refractivity contribution in [1.82, 2.24) is 9.29 Å². The Morgan fingerprint density at radius 2 is 1.85 bits per heavy atom. The van der Waals surface area contributed by atoms with Crippen LogP contribution in [0.4, 0.5) is 0 Å². The first-order valence-electron chi connectivity index (χ1n) is 8.99. The van der Waals surface area contributed by atoms with Crippen molar-refractivity contribution in [3.8, 4) is 0 Å². The van der Waals surface area contributed by atoms with Gasteiger partial charge in [0.15, 0.2) is 0 Å². The first-order chi connectivity index (χ1) is 12.8. The summed E-state index contributed by atoms with van der Waals surface area (Å²) in [6.45, 7) is 8.44. The van der Waals surface area contributed by atoms with Gasteiger partial charge in [-0.05, 0) is 56.5 Å². The molecular weight excluding hydrogens is 380 g/mol. The summed E-state index contributed by atoms with van der Waals surface area (Å²) in [6, 6.07) is 10.6. The first-order valence-corrected chi connectivity index (χ1v) is 11.3. The van der Waals surface area contributed by atoms with E-state index in [9.17, 15) is 13.2 Å². The molecule has 0 amide bonds. The number of hydrogen-bond donors (Lipinski definition) is 1. The Balaban J connectivity index is 1.97. The minimum Gasteiger partial charge on any atom is -0.299 e. The lowest BCUT2D eigenvalue weighted by atomic mass is 9.98. The average Bonchev–Trinajstić information content (AvgIpc) is 2.94. The van der Waals surface area contributed by atoms with Crippen molar-refractivity contribution in [3.63, 3.8) is 0 Å². The topological polar surface area (TPSA) is 68.2 Å². The van der Waals surface area contributed by atoms with Crippen molar-refractivity contribution in [1.29, 1.82) is 0 Å².